The van der Waals surface area contributed by atoms with Crippen molar-refractivity contribution >= 4 is 33.2 Å². The second-order valence-corrected chi connectivity index (χ2v) is 7.65. The quantitative estimate of drug-likeness (QED) is 0.624. The molecule has 0 aliphatic carbocycles. The number of pyridine rings is 1. The largest absolute Gasteiger partial charge is 0.396 e. The van der Waals surface area contributed by atoms with Crippen molar-refractivity contribution in [1.82, 2.24) is 19.6 Å². The zero-order chi connectivity index (χ0) is 18.6. The van der Waals surface area contributed by atoms with Crippen LogP contribution in [0.15, 0.2) is 41.3 Å². The van der Waals surface area contributed by atoms with Crippen LogP contribution in [0.2, 0.25) is 0 Å². The van der Waals surface area contributed by atoms with Gasteiger partial charge in [-0.15, -0.1) is 0 Å². The summed E-state index contributed by atoms with van der Waals surface area (Å²) in [6.07, 6.45) is 9.60. The molecule has 1 aliphatic rings. The number of rotatable bonds is 6. The maximum Gasteiger partial charge on any atom is 0.173 e. The first kappa shape index (κ1) is 18.2. The molecule has 142 valence electrons. The number of aliphatic hydroxyl groups is 1. The average molecular weight is 431 g/mol. The summed E-state index contributed by atoms with van der Waals surface area (Å²) >= 11 is 3.56. The minimum Gasteiger partial charge on any atom is -0.396 e. The van der Waals surface area contributed by atoms with E-state index in [0.29, 0.717) is 12.6 Å². The lowest BCUT2D eigenvalue weighted by molar-refractivity contribution is 0.262. The van der Waals surface area contributed by atoms with Gasteiger partial charge in [0.1, 0.15) is 11.6 Å². The highest BCUT2D eigenvalue weighted by Crippen LogP contribution is 2.29. The summed E-state index contributed by atoms with van der Waals surface area (Å²) in [5, 5.41) is 17.4. The molecule has 1 atom stereocenters. The van der Waals surface area contributed by atoms with Crippen molar-refractivity contribution in [2.75, 3.05) is 23.4 Å². The lowest BCUT2D eigenvalue weighted by Crippen LogP contribution is -2.40. The topological polar surface area (TPSA) is 78.6 Å². The van der Waals surface area contributed by atoms with Crippen LogP contribution in [-0.4, -0.2) is 43.9 Å². The van der Waals surface area contributed by atoms with Gasteiger partial charge in [-0.1, -0.05) is 6.07 Å². The number of hydrogen-bond donors (Lipinski definition) is 2. The zero-order valence-electron chi connectivity index (χ0n) is 15.1. The Bertz CT molecular complexity index is 898. The molecule has 0 amide bonds. The number of piperidine rings is 1. The molecule has 4 heterocycles. The summed E-state index contributed by atoms with van der Waals surface area (Å²) in [6, 6.07) is 6.35. The van der Waals surface area contributed by atoms with Crippen molar-refractivity contribution in [2.24, 2.45) is 0 Å². The van der Waals surface area contributed by atoms with Crippen molar-refractivity contribution < 1.29 is 5.11 Å². The standard InChI is InChI=1S/C19H23BrN6O/c20-16-13-23-26-17(22-12-14-4-3-7-21-11-14)10-18(24-19(16)26)25-8-2-1-5-15(25)6-9-27/h3-4,7,10-11,13,15,22,27H,1-2,5-6,8-9,12H2/t15-/m0/s1. The van der Waals surface area contributed by atoms with Gasteiger partial charge in [0.2, 0.25) is 0 Å². The number of anilines is 2. The fourth-order valence-corrected chi connectivity index (χ4v) is 3.99. The first-order chi connectivity index (χ1) is 13.3. The molecule has 4 rings (SSSR count). The van der Waals surface area contributed by atoms with Gasteiger partial charge in [-0.05, 0) is 53.2 Å². The summed E-state index contributed by atoms with van der Waals surface area (Å²) < 4.78 is 2.68. The van der Waals surface area contributed by atoms with Crippen LogP contribution in [0.5, 0.6) is 0 Å². The first-order valence-electron chi connectivity index (χ1n) is 9.31. The van der Waals surface area contributed by atoms with E-state index in [9.17, 15) is 5.11 Å². The van der Waals surface area contributed by atoms with Crippen molar-refractivity contribution in [1.29, 1.82) is 0 Å². The molecule has 0 unspecified atom stereocenters. The van der Waals surface area contributed by atoms with Crippen LogP contribution in [0.25, 0.3) is 5.65 Å². The molecule has 3 aromatic rings. The summed E-state index contributed by atoms with van der Waals surface area (Å²) in [6.45, 7) is 1.82. The maximum absolute atomic E-state index is 9.44. The van der Waals surface area contributed by atoms with E-state index in [2.05, 4.69) is 42.3 Å². The smallest absolute Gasteiger partial charge is 0.173 e. The van der Waals surface area contributed by atoms with E-state index in [4.69, 9.17) is 4.98 Å². The lowest BCUT2D eigenvalue weighted by atomic mass is 9.99. The van der Waals surface area contributed by atoms with Crippen LogP contribution in [-0.2, 0) is 6.54 Å². The third-order valence-corrected chi connectivity index (χ3v) is 5.55. The van der Waals surface area contributed by atoms with Crippen LogP contribution in [0, 0.1) is 0 Å². The number of halogens is 1. The van der Waals surface area contributed by atoms with Gasteiger partial charge in [-0.3, -0.25) is 4.98 Å². The summed E-state index contributed by atoms with van der Waals surface area (Å²) in [7, 11) is 0. The zero-order valence-corrected chi connectivity index (χ0v) is 16.6. The van der Waals surface area contributed by atoms with Crippen LogP contribution in [0.1, 0.15) is 31.2 Å². The second-order valence-electron chi connectivity index (χ2n) is 6.80. The number of nitrogens with zero attached hydrogens (tertiary/aromatic N) is 5. The highest BCUT2D eigenvalue weighted by atomic mass is 79.9. The van der Waals surface area contributed by atoms with E-state index in [1.54, 1.807) is 12.4 Å². The Labute approximate surface area is 166 Å². The molecule has 0 spiro atoms. The fraction of sp³-hybridized carbons (Fsp3) is 0.421. The van der Waals surface area contributed by atoms with Gasteiger partial charge in [0, 0.05) is 44.2 Å². The van der Waals surface area contributed by atoms with Gasteiger partial charge in [-0.25, -0.2) is 4.98 Å². The lowest BCUT2D eigenvalue weighted by Gasteiger charge is -2.36. The first-order valence-corrected chi connectivity index (χ1v) is 10.1. The molecule has 0 saturated carbocycles. The number of aromatic nitrogens is 4. The van der Waals surface area contributed by atoms with Gasteiger partial charge >= 0.3 is 0 Å². The Kier molecular flexibility index (Phi) is 5.54. The van der Waals surface area contributed by atoms with Gasteiger partial charge in [0.05, 0.1) is 10.7 Å². The Balaban J connectivity index is 1.68. The van der Waals surface area contributed by atoms with E-state index < -0.39 is 0 Å². The average Bonchev–Trinajstić information content (AvgIpc) is 3.09. The minimum absolute atomic E-state index is 0.200. The van der Waals surface area contributed by atoms with Crippen molar-refractivity contribution in [3.63, 3.8) is 0 Å². The van der Waals surface area contributed by atoms with E-state index in [1.807, 2.05) is 22.8 Å². The molecule has 0 bridgehead atoms. The summed E-state index contributed by atoms with van der Waals surface area (Å²) in [4.78, 5) is 11.4. The molecule has 1 fully saturated rings. The van der Waals surface area contributed by atoms with Crippen molar-refractivity contribution in [3.8, 4) is 0 Å². The van der Waals surface area contributed by atoms with E-state index >= 15 is 0 Å². The third kappa shape index (κ3) is 3.91. The summed E-state index contributed by atoms with van der Waals surface area (Å²) in [5.41, 5.74) is 1.89. The highest BCUT2D eigenvalue weighted by molar-refractivity contribution is 9.10. The molecule has 0 radical (unpaired) electrons. The predicted octanol–water partition coefficient (Wildman–Crippen LogP) is 3.24. The highest BCUT2D eigenvalue weighted by Gasteiger charge is 2.24. The third-order valence-electron chi connectivity index (χ3n) is 5.00. The Morgan fingerprint density at radius 1 is 1.30 bits per heavy atom. The maximum atomic E-state index is 9.44. The number of nitrogens with one attached hydrogen (secondary N) is 1. The van der Waals surface area contributed by atoms with Crippen molar-refractivity contribution in [3.05, 3.63) is 46.8 Å². The number of aliphatic hydroxyl groups excluding tert-OH is 1. The van der Waals surface area contributed by atoms with Gasteiger partial charge in [-0.2, -0.15) is 9.61 Å². The monoisotopic (exact) mass is 430 g/mol. The van der Waals surface area contributed by atoms with Crippen LogP contribution in [0.4, 0.5) is 11.6 Å². The van der Waals surface area contributed by atoms with Crippen molar-refractivity contribution in [2.45, 2.75) is 38.3 Å². The Hall–Kier alpha value is -2.19. The van der Waals surface area contributed by atoms with Crippen LogP contribution < -0.4 is 10.2 Å². The van der Waals surface area contributed by atoms with E-state index in [-0.39, 0.29) is 6.61 Å². The predicted molar refractivity (Wildman–Crippen MR) is 109 cm³/mol. The Morgan fingerprint density at radius 3 is 3.04 bits per heavy atom. The molecule has 7 nitrogen and oxygen atoms in total. The molecular formula is C19H23BrN6O. The molecule has 1 saturated heterocycles. The second kappa shape index (κ2) is 8.22. The van der Waals surface area contributed by atoms with Crippen LogP contribution in [0.3, 0.4) is 0 Å². The van der Waals surface area contributed by atoms with Gasteiger partial charge in [0.15, 0.2) is 5.65 Å². The van der Waals surface area contributed by atoms with E-state index in [0.717, 1.165) is 53.1 Å². The summed E-state index contributed by atoms with van der Waals surface area (Å²) in [5.74, 6) is 1.81. The normalized spacial score (nSPS) is 17.4. The molecule has 2 N–H and O–H groups in total. The molecule has 27 heavy (non-hydrogen) atoms. The molecule has 1 aliphatic heterocycles. The fourth-order valence-electron chi connectivity index (χ4n) is 3.64. The van der Waals surface area contributed by atoms with Crippen LogP contribution >= 0.6 is 15.9 Å². The van der Waals surface area contributed by atoms with Gasteiger partial charge in [0.25, 0.3) is 0 Å². The molecule has 0 aromatic carbocycles. The number of fused-ring (bicyclic) bond motifs is 1. The Morgan fingerprint density at radius 2 is 2.22 bits per heavy atom. The minimum atomic E-state index is 0.200. The SMILES string of the molecule is OCC[C@@H]1CCCCN1c1cc(NCc2cccnc2)n2ncc(Br)c2n1. The molecule has 3 aromatic heterocycles. The molecular weight excluding hydrogens is 408 g/mol. The van der Waals surface area contributed by atoms with Gasteiger partial charge < -0.3 is 15.3 Å². The van der Waals surface area contributed by atoms with E-state index in [1.165, 1.54) is 6.42 Å². The molecule has 8 heteroatoms. The number of hydrogen-bond acceptors (Lipinski definition) is 6.